The molecule has 0 radical (unpaired) electrons. The maximum Gasteiger partial charge on any atom is 0.410 e. The first-order valence-electron chi connectivity index (χ1n) is 6.52. The summed E-state index contributed by atoms with van der Waals surface area (Å²) in [6.07, 6.45) is 1.05. The summed E-state index contributed by atoms with van der Waals surface area (Å²) in [6.45, 7) is 14.4. The van der Waals surface area contributed by atoms with Gasteiger partial charge in [-0.05, 0) is 27.7 Å². The van der Waals surface area contributed by atoms with E-state index in [9.17, 15) is 4.79 Å². The van der Waals surface area contributed by atoms with Crippen LogP contribution in [0.15, 0.2) is 0 Å². The number of rotatable bonds is 0. The third-order valence-corrected chi connectivity index (χ3v) is 2.13. The van der Waals surface area contributed by atoms with Gasteiger partial charge in [-0.1, -0.05) is 20.3 Å². The van der Waals surface area contributed by atoms with E-state index < -0.39 is 5.60 Å². The number of nitrogens with one attached hydrogen (secondary N) is 1. The maximum absolute atomic E-state index is 11.7. The first kappa shape index (κ1) is 16.2. The van der Waals surface area contributed by atoms with Crippen LogP contribution in [0.4, 0.5) is 4.79 Å². The van der Waals surface area contributed by atoms with Crippen LogP contribution in [-0.4, -0.2) is 42.3 Å². The second-order valence-corrected chi connectivity index (χ2v) is 5.43. The number of carbonyl (C=O) groups excluding carboxylic acids is 1. The maximum atomic E-state index is 11.7. The number of hydrogen-bond donors (Lipinski definition) is 1. The van der Waals surface area contributed by atoms with Gasteiger partial charge in [0.05, 0.1) is 0 Å². The molecule has 1 unspecified atom stereocenters. The van der Waals surface area contributed by atoms with E-state index in [-0.39, 0.29) is 12.1 Å². The Morgan fingerprint density at radius 2 is 1.94 bits per heavy atom. The number of piperazine rings is 1. The van der Waals surface area contributed by atoms with E-state index in [0.717, 1.165) is 19.6 Å². The van der Waals surface area contributed by atoms with Gasteiger partial charge in [0, 0.05) is 25.7 Å². The van der Waals surface area contributed by atoms with Gasteiger partial charge in [0.2, 0.25) is 0 Å². The zero-order valence-corrected chi connectivity index (χ0v) is 12.2. The molecule has 1 heterocycles. The molecule has 0 saturated carbocycles. The van der Waals surface area contributed by atoms with Crippen molar-refractivity contribution in [2.45, 2.75) is 59.6 Å². The lowest BCUT2D eigenvalue weighted by Gasteiger charge is -2.35. The molecule has 1 aliphatic heterocycles. The van der Waals surface area contributed by atoms with Gasteiger partial charge in [0.1, 0.15) is 5.60 Å². The van der Waals surface area contributed by atoms with E-state index >= 15 is 0 Å². The number of hydrogen-bond acceptors (Lipinski definition) is 3. The number of carbonyl (C=O) groups is 1. The lowest BCUT2D eigenvalue weighted by atomic mass is 10.2. The molecule has 1 N–H and O–H groups in total. The van der Waals surface area contributed by atoms with Gasteiger partial charge in [-0.3, -0.25) is 0 Å². The van der Waals surface area contributed by atoms with Crippen LogP contribution < -0.4 is 5.32 Å². The molecule has 1 amide bonds. The van der Waals surface area contributed by atoms with Gasteiger partial charge >= 0.3 is 6.09 Å². The third kappa shape index (κ3) is 7.21. The van der Waals surface area contributed by atoms with Crippen LogP contribution in [0.25, 0.3) is 0 Å². The molecule has 4 nitrogen and oxygen atoms in total. The molecule has 0 aromatic rings. The van der Waals surface area contributed by atoms with Crippen molar-refractivity contribution in [3.63, 3.8) is 0 Å². The quantitative estimate of drug-likeness (QED) is 0.712. The largest absolute Gasteiger partial charge is 0.444 e. The van der Waals surface area contributed by atoms with E-state index in [1.807, 2.05) is 27.7 Å². The minimum Gasteiger partial charge on any atom is -0.444 e. The second-order valence-electron chi connectivity index (χ2n) is 5.43. The SMILES string of the molecule is CC1CNCCN1C(=O)OC(C)(C)C.CCC. The Morgan fingerprint density at radius 1 is 1.41 bits per heavy atom. The molecule has 102 valence electrons. The average Bonchev–Trinajstić information content (AvgIpc) is 2.16. The summed E-state index contributed by atoms with van der Waals surface area (Å²) in [5.41, 5.74) is -0.401. The molecule has 0 aromatic carbocycles. The summed E-state index contributed by atoms with van der Waals surface area (Å²) < 4.78 is 5.31. The smallest absolute Gasteiger partial charge is 0.410 e. The molecule has 1 fully saturated rings. The molecular weight excluding hydrogens is 216 g/mol. The van der Waals surface area contributed by atoms with Gasteiger partial charge in [0.25, 0.3) is 0 Å². The molecule has 1 aliphatic rings. The molecule has 0 aromatic heterocycles. The van der Waals surface area contributed by atoms with Crippen molar-refractivity contribution >= 4 is 6.09 Å². The van der Waals surface area contributed by atoms with Crippen LogP contribution in [0.5, 0.6) is 0 Å². The van der Waals surface area contributed by atoms with Crippen LogP contribution in [0, 0.1) is 0 Å². The zero-order valence-electron chi connectivity index (χ0n) is 12.2. The van der Waals surface area contributed by atoms with Crippen molar-refractivity contribution < 1.29 is 9.53 Å². The highest BCUT2D eigenvalue weighted by Crippen LogP contribution is 2.12. The van der Waals surface area contributed by atoms with Crippen molar-refractivity contribution in [3.8, 4) is 0 Å². The van der Waals surface area contributed by atoms with Crippen molar-refractivity contribution in [1.82, 2.24) is 10.2 Å². The number of ether oxygens (including phenoxy) is 1. The van der Waals surface area contributed by atoms with Crippen LogP contribution in [0.3, 0.4) is 0 Å². The Labute approximate surface area is 106 Å². The van der Waals surface area contributed by atoms with Crippen LogP contribution >= 0.6 is 0 Å². The second kappa shape index (κ2) is 7.54. The number of amides is 1. The molecule has 17 heavy (non-hydrogen) atoms. The zero-order chi connectivity index (χ0) is 13.5. The highest BCUT2D eigenvalue weighted by atomic mass is 16.6. The lowest BCUT2D eigenvalue weighted by Crippen LogP contribution is -2.53. The molecule has 1 rings (SSSR count). The van der Waals surface area contributed by atoms with E-state index in [1.165, 1.54) is 6.42 Å². The van der Waals surface area contributed by atoms with Gasteiger partial charge < -0.3 is 15.0 Å². The molecule has 1 saturated heterocycles. The van der Waals surface area contributed by atoms with E-state index in [2.05, 4.69) is 19.2 Å². The Bertz CT molecular complexity index is 224. The highest BCUT2D eigenvalue weighted by Gasteiger charge is 2.27. The van der Waals surface area contributed by atoms with Gasteiger partial charge in [-0.2, -0.15) is 0 Å². The number of nitrogens with zero attached hydrogens (tertiary/aromatic N) is 1. The fourth-order valence-electron chi connectivity index (χ4n) is 1.43. The fourth-order valence-corrected chi connectivity index (χ4v) is 1.43. The van der Waals surface area contributed by atoms with Gasteiger partial charge in [0.15, 0.2) is 0 Å². The van der Waals surface area contributed by atoms with Crippen molar-refractivity contribution in [2.75, 3.05) is 19.6 Å². The Morgan fingerprint density at radius 3 is 2.35 bits per heavy atom. The van der Waals surface area contributed by atoms with Crippen molar-refractivity contribution in [3.05, 3.63) is 0 Å². The van der Waals surface area contributed by atoms with Gasteiger partial charge in [-0.25, -0.2) is 4.79 Å². The summed E-state index contributed by atoms with van der Waals surface area (Å²) in [7, 11) is 0. The first-order valence-corrected chi connectivity index (χ1v) is 6.52. The highest BCUT2D eigenvalue weighted by molar-refractivity contribution is 5.68. The first-order chi connectivity index (χ1) is 7.81. The van der Waals surface area contributed by atoms with E-state index in [0.29, 0.717) is 0 Å². The van der Waals surface area contributed by atoms with Gasteiger partial charge in [-0.15, -0.1) is 0 Å². The Hall–Kier alpha value is -0.770. The summed E-state index contributed by atoms with van der Waals surface area (Å²) in [4.78, 5) is 13.5. The van der Waals surface area contributed by atoms with Crippen LogP contribution in [-0.2, 0) is 4.74 Å². The Kier molecular flexibility index (Phi) is 7.19. The molecule has 0 spiro atoms. The summed E-state index contributed by atoms with van der Waals surface area (Å²) in [6, 6.07) is 0.221. The fraction of sp³-hybridized carbons (Fsp3) is 0.923. The predicted octanol–water partition coefficient (Wildman–Crippen LogP) is 2.63. The van der Waals surface area contributed by atoms with Crippen LogP contribution in [0.1, 0.15) is 48.0 Å². The molecule has 0 aliphatic carbocycles. The van der Waals surface area contributed by atoms with Crippen molar-refractivity contribution in [2.24, 2.45) is 0 Å². The predicted molar refractivity (Wildman–Crippen MR) is 71.2 cm³/mol. The summed E-state index contributed by atoms with van der Waals surface area (Å²) >= 11 is 0. The third-order valence-electron chi connectivity index (χ3n) is 2.13. The van der Waals surface area contributed by atoms with E-state index in [4.69, 9.17) is 4.74 Å². The molecule has 0 bridgehead atoms. The topological polar surface area (TPSA) is 41.6 Å². The normalized spacial score (nSPS) is 20.4. The standard InChI is InChI=1S/C10H20N2O2.C3H8/c1-8-7-11-5-6-12(8)9(13)14-10(2,3)4;1-3-2/h8,11H,5-7H2,1-4H3;3H2,1-2H3. The summed E-state index contributed by atoms with van der Waals surface area (Å²) in [5.74, 6) is 0. The lowest BCUT2D eigenvalue weighted by molar-refractivity contribution is 0.0141. The average molecular weight is 244 g/mol. The van der Waals surface area contributed by atoms with Crippen molar-refractivity contribution in [1.29, 1.82) is 0 Å². The minimum absolute atomic E-state index is 0.202. The molecule has 1 atom stereocenters. The summed E-state index contributed by atoms with van der Waals surface area (Å²) in [5, 5.41) is 3.23. The van der Waals surface area contributed by atoms with E-state index in [1.54, 1.807) is 4.90 Å². The molecular formula is C13H28N2O2. The molecule has 4 heteroatoms. The monoisotopic (exact) mass is 244 g/mol. The van der Waals surface area contributed by atoms with Crippen LogP contribution in [0.2, 0.25) is 0 Å². The Balaban J connectivity index is 0.000000770. The minimum atomic E-state index is -0.401.